The molecule has 20 heavy (non-hydrogen) atoms. The normalized spacial score (nSPS) is 11.1. The number of benzene rings is 1. The van der Waals surface area contributed by atoms with Crippen LogP contribution in [-0.4, -0.2) is 50.8 Å². The van der Waals surface area contributed by atoms with E-state index in [1.807, 2.05) is 24.3 Å². The smallest absolute Gasteiger partial charge is 0.119 e. The first-order valence-corrected chi connectivity index (χ1v) is 7.38. The van der Waals surface area contributed by atoms with Gasteiger partial charge < -0.3 is 14.8 Å². The quantitative estimate of drug-likeness (QED) is 0.713. The van der Waals surface area contributed by atoms with Crippen LogP contribution in [0.1, 0.15) is 20.8 Å². The first kappa shape index (κ1) is 16.8. The molecule has 4 nitrogen and oxygen atoms in total. The van der Waals surface area contributed by atoms with Crippen LogP contribution in [0.25, 0.3) is 0 Å². The van der Waals surface area contributed by atoms with Gasteiger partial charge in [0.2, 0.25) is 0 Å². The molecular formula is C16H28N2O2. The summed E-state index contributed by atoms with van der Waals surface area (Å²) in [7, 11) is 1.67. The summed E-state index contributed by atoms with van der Waals surface area (Å²) in [4.78, 5) is 2.39. The number of hydrogen-bond acceptors (Lipinski definition) is 4. The molecule has 0 aromatic heterocycles. The maximum absolute atomic E-state index is 5.75. The summed E-state index contributed by atoms with van der Waals surface area (Å²) in [5, 5.41) is 3.43. The zero-order valence-electron chi connectivity index (χ0n) is 13.2. The van der Waals surface area contributed by atoms with Crippen molar-refractivity contribution in [3.63, 3.8) is 0 Å². The predicted molar refractivity (Wildman–Crippen MR) is 83.7 cm³/mol. The van der Waals surface area contributed by atoms with Crippen LogP contribution in [0.3, 0.4) is 0 Å². The van der Waals surface area contributed by atoms with E-state index in [9.17, 15) is 0 Å². The van der Waals surface area contributed by atoms with Crippen molar-refractivity contribution in [2.24, 2.45) is 0 Å². The molecule has 0 bridgehead atoms. The third kappa shape index (κ3) is 6.78. The maximum atomic E-state index is 5.75. The Hall–Kier alpha value is -1.26. The Kier molecular flexibility index (Phi) is 8.07. The first-order valence-electron chi connectivity index (χ1n) is 7.38. The van der Waals surface area contributed by atoms with E-state index in [1.165, 1.54) is 0 Å². The molecule has 0 fully saturated rings. The van der Waals surface area contributed by atoms with Crippen molar-refractivity contribution in [1.29, 1.82) is 0 Å². The summed E-state index contributed by atoms with van der Waals surface area (Å²) >= 11 is 0. The van der Waals surface area contributed by atoms with Gasteiger partial charge in [0.05, 0.1) is 7.11 Å². The van der Waals surface area contributed by atoms with Crippen molar-refractivity contribution in [2.45, 2.75) is 26.8 Å². The summed E-state index contributed by atoms with van der Waals surface area (Å²) in [6.45, 7) is 11.3. The molecule has 0 aliphatic heterocycles. The second-order valence-electron chi connectivity index (χ2n) is 5.07. The minimum Gasteiger partial charge on any atom is -0.497 e. The third-order valence-electron chi connectivity index (χ3n) is 3.16. The number of methoxy groups -OCH3 is 1. The van der Waals surface area contributed by atoms with Gasteiger partial charge in [-0.2, -0.15) is 0 Å². The summed E-state index contributed by atoms with van der Waals surface area (Å²) < 4.78 is 10.9. The fourth-order valence-electron chi connectivity index (χ4n) is 1.90. The molecule has 1 rings (SSSR count). The highest BCUT2D eigenvalue weighted by atomic mass is 16.5. The minimum absolute atomic E-state index is 0.546. The first-order chi connectivity index (χ1) is 9.65. The van der Waals surface area contributed by atoms with E-state index in [4.69, 9.17) is 9.47 Å². The molecule has 0 saturated carbocycles. The molecule has 0 amide bonds. The molecule has 1 aromatic rings. The highest BCUT2D eigenvalue weighted by Gasteiger charge is 2.03. The SMILES string of the molecule is CCN(CCNC(C)C)CCOc1ccc(OC)cc1. The van der Waals surface area contributed by atoms with Crippen molar-refractivity contribution in [2.75, 3.05) is 39.9 Å². The van der Waals surface area contributed by atoms with Gasteiger partial charge in [-0.25, -0.2) is 0 Å². The van der Waals surface area contributed by atoms with Crippen LogP contribution in [0.2, 0.25) is 0 Å². The van der Waals surface area contributed by atoms with Gasteiger partial charge in [-0.3, -0.25) is 4.90 Å². The molecule has 0 aliphatic rings. The average Bonchev–Trinajstić information content (AvgIpc) is 2.46. The van der Waals surface area contributed by atoms with E-state index in [0.29, 0.717) is 12.6 Å². The lowest BCUT2D eigenvalue weighted by Gasteiger charge is -2.21. The lowest BCUT2D eigenvalue weighted by Crippen LogP contribution is -2.36. The number of rotatable bonds is 10. The van der Waals surface area contributed by atoms with Gasteiger partial charge in [-0.05, 0) is 30.8 Å². The fraction of sp³-hybridized carbons (Fsp3) is 0.625. The second kappa shape index (κ2) is 9.61. The summed E-state index contributed by atoms with van der Waals surface area (Å²) in [5.41, 5.74) is 0. The molecular weight excluding hydrogens is 252 g/mol. The van der Waals surface area contributed by atoms with E-state index in [1.54, 1.807) is 7.11 Å². The molecule has 1 N–H and O–H groups in total. The third-order valence-corrected chi connectivity index (χ3v) is 3.16. The van der Waals surface area contributed by atoms with Gasteiger partial charge in [0.1, 0.15) is 18.1 Å². The van der Waals surface area contributed by atoms with Crippen LogP contribution in [0, 0.1) is 0 Å². The Labute approximate surface area is 123 Å². The molecule has 1 aromatic carbocycles. The molecule has 0 atom stereocenters. The van der Waals surface area contributed by atoms with Gasteiger partial charge >= 0.3 is 0 Å². The number of nitrogens with one attached hydrogen (secondary N) is 1. The predicted octanol–water partition coefficient (Wildman–Crippen LogP) is 2.39. The van der Waals surface area contributed by atoms with Crippen molar-refractivity contribution < 1.29 is 9.47 Å². The van der Waals surface area contributed by atoms with Crippen LogP contribution in [-0.2, 0) is 0 Å². The van der Waals surface area contributed by atoms with Crippen molar-refractivity contribution >= 4 is 0 Å². The number of hydrogen-bond donors (Lipinski definition) is 1. The summed E-state index contributed by atoms with van der Waals surface area (Å²) in [6, 6.07) is 8.26. The largest absolute Gasteiger partial charge is 0.497 e. The van der Waals surface area contributed by atoms with Crippen LogP contribution in [0.5, 0.6) is 11.5 Å². The van der Waals surface area contributed by atoms with Crippen LogP contribution in [0.4, 0.5) is 0 Å². The van der Waals surface area contributed by atoms with E-state index in [-0.39, 0.29) is 0 Å². The van der Waals surface area contributed by atoms with E-state index in [2.05, 4.69) is 31.0 Å². The fourth-order valence-corrected chi connectivity index (χ4v) is 1.90. The molecule has 0 radical (unpaired) electrons. The molecule has 0 unspecified atom stereocenters. The standard InChI is InChI=1S/C16H28N2O2/c1-5-18(11-10-17-14(2)3)12-13-20-16-8-6-15(19-4)7-9-16/h6-9,14,17H,5,10-13H2,1-4H3. The Morgan fingerprint density at radius 3 is 2.30 bits per heavy atom. The maximum Gasteiger partial charge on any atom is 0.119 e. The minimum atomic E-state index is 0.546. The highest BCUT2D eigenvalue weighted by molar-refractivity contribution is 5.31. The van der Waals surface area contributed by atoms with Gasteiger partial charge in [0, 0.05) is 25.7 Å². The summed E-state index contributed by atoms with van der Waals surface area (Å²) in [5.74, 6) is 1.74. The van der Waals surface area contributed by atoms with Gasteiger partial charge in [0.15, 0.2) is 0 Å². The van der Waals surface area contributed by atoms with Crippen molar-refractivity contribution in [1.82, 2.24) is 10.2 Å². The summed E-state index contributed by atoms with van der Waals surface area (Å²) in [6.07, 6.45) is 0. The van der Waals surface area contributed by atoms with Gasteiger partial charge in [-0.15, -0.1) is 0 Å². The Balaban J connectivity index is 2.22. The van der Waals surface area contributed by atoms with E-state index < -0.39 is 0 Å². The lowest BCUT2D eigenvalue weighted by atomic mass is 10.3. The average molecular weight is 280 g/mol. The molecule has 114 valence electrons. The number of ether oxygens (including phenoxy) is 2. The van der Waals surface area contributed by atoms with E-state index in [0.717, 1.165) is 37.7 Å². The molecule has 0 aliphatic carbocycles. The monoisotopic (exact) mass is 280 g/mol. The van der Waals surface area contributed by atoms with Gasteiger partial charge in [-0.1, -0.05) is 20.8 Å². The topological polar surface area (TPSA) is 33.7 Å². The molecule has 0 heterocycles. The molecule has 0 spiro atoms. The Morgan fingerprint density at radius 2 is 1.75 bits per heavy atom. The van der Waals surface area contributed by atoms with Crippen LogP contribution < -0.4 is 14.8 Å². The lowest BCUT2D eigenvalue weighted by molar-refractivity contribution is 0.214. The highest BCUT2D eigenvalue weighted by Crippen LogP contribution is 2.16. The van der Waals surface area contributed by atoms with Crippen LogP contribution >= 0.6 is 0 Å². The number of nitrogens with zero attached hydrogens (tertiary/aromatic N) is 1. The Morgan fingerprint density at radius 1 is 1.10 bits per heavy atom. The molecule has 4 heteroatoms. The van der Waals surface area contributed by atoms with Crippen LogP contribution in [0.15, 0.2) is 24.3 Å². The second-order valence-corrected chi connectivity index (χ2v) is 5.07. The van der Waals surface area contributed by atoms with Crippen molar-refractivity contribution in [3.05, 3.63) is 24.3 Å². The van der Waals surface area contributed by atoms with Crippen molar-refractivity contribution in [3.8, 4) is 11.5 Å². The van der Waals surface area contributed by atoms with E-state index >= 15 is 0 Å². The molecule has 0 saturated heterocycles. The zero-order valence-corrected chi connectivity index (χ0v) is 13.2. The Bertz CT molecular complexity index is 352. The van der Waals surface area contributed by atoms with Gasteiger partial charge in [0.25, 0.3) is 0 Å². The number of likely N-dealkylation sites (N-methyl/N-ethyl adjacent to an activating group) is 1. The zero-order chi connectivity index (χ0) is 14.8.